The second-order valence-corrected chi connectivity index (χ2v) is 8.48. The highest BCUT2D eigenvalue weighted by Gasteiger charge is 2.28. The van der Waals surface area contributed by atoms with E-state index >= 15 is 0 Å². The maximum Gasteiger partial charge on any atom is 0.342 e. The van der Waals surface area contributed by atoms with Gasteiger partial charge in [-0.05, 0) is 31.2 Å². The summed E-state index contributed by atoms with van der Waals surface area (Å²) in [6, 6.07) is 17.2. The second-order valence-electron chi connectivity index (χ2n) is 7.45. The first-order valence-electron chi connectivity index (χ1n) is 10.4. The number of hydrogen-bond acceptors (Lipinski definition) is 10. The number of ether oxygens (including phenoxy) is 1. The maximum absolute atomic E-state index is 12.6. The van der Waals surface area contributed by atoms with Crippen LogP contribution >= 0.6 is 11.3 Å². The van der Waals surface area contributed by atoms with Crippen molar-refractivity contribution in [3.05, 3.63) is 82.1 Å². The number of carbonyl (C=O) groups is 1. The number of carbonyl (C=O) groups excluding carboxylic acids is 1. The van der Waals surface area contributed by atoms with Crippen LogP contribution in [0, 0.1) is 17.0 Å². The Morgan fingerprint density at radius 3 is 2.66 bits per heavy atom. The van der Waals surface area contributed by atoms with Gasteiger partial charge in [-0.1, -0.05) is 24.3 Å². The van der Waals surface area contributed by atoms with Gasteiger partial charge in [-0.15, -0.1) is 21.5 Å². The molecule has 0 amide bonds. The number of aryl methyl sites for hydroxylation is 1. The molecule has 5 aromatic rings. The van der Waals surface area contributed by atoms with Crippen molar-refractivity contribution < 1.29 is 18.9 Å². The van der Waals surface area contributed by atoms with Gasteiger partial charge in [0.2, 0.25) is 5.88 Å². The number of esters is 1. The van der Waals surface area contributed by atoms with Crippen LogP contribution < -0.4 is 5.32 Å². The molecular formula is C24H17N5O5S. The summed E-state index contributed by atoms with van der Waals surface area (Å²) in [4.78, 5) is 27.8. The SMILES string of the molecule is COC(=O)c1c(C)oc(Nc2ccc(-c3cccc([N+](=O)[O-])c3)nn2)c1-c1nc2ccccc2s1. The fraction of sp³-hybridized carbons (Fsp3) is 0.0833. The van der Waals surface area contributed by atoms with Crippen LogP contribution in [0.25, 0.3) is 32.0 Å². The average molecular weight is 487 g/mol. The van der Waals surface area contributed by atoms with Gasteiger partial charge in [0.1, 0.15) is 16.3 Å². The number of para-hydroxylation sites is 1. The van der Waals surface area contributed by atoms with Crippen LogP contribution in [0.15, 0.2) is 65.1 Å². The minimum atomic E-state index is -0.541. The predicted octanol–water partition coefficient (Wildman–Crippen LogP) is 5.76. The summed E-state index contributed by atoms with van der Waals surface area (Å²) in [5.74, 6) is 0.460. The fourth-order valence-corrected chi connectivity index (χ4v) is 4.63. The molecule has 174 valence electrons. The zero-order valence-electron chi connectivity index (χ0n) is 18.5. The molecule has 0 spiro atoms. The molecule has 0 radical (unpaired) electrons. The third-order valence-electron chi connectivity index (χ3n) is 5.24. The first-order valence-corrected chi connectivity index (χ1v) is 11.2. The van der Waals surface area contributed by atoms with Gasteiger partial charge >= 0.3 is 5.97 Å². The fourth-order valence-electron chi connectivity index (χ4n) is 3.61. The van der Waals surface area contributed by atoms with Gasteiger partial charge in [0.25, 0.3) is 5.69 Å². The van der Waals surface area contributed by atoms with E-state index in [-0.39, 0.29) is 17.1 Å². The zero-order valence-corrected chi connectivity index (χ0v) is 19.3. The molecule has 0 fully saturated rings. The first-order chi connectivity index (χ1) is 16.9. The monoisotopic (exact) mass is 487 g/mol. The number of aromatic nitrogens is 3. The molecule has 2 aromatic carbocycles. The Labute approximate surface area is 202 Å². The summed E-state index contributed by atoms with van der Waals surface area (Å²) in [5.41, 5.74) is 2.55. The molecule has 11 heteroatoms. The number of thiazole rings is 1. The lowest BCUT2D eigenvalue weighted by atomic mass is 10.1. The van der Waals surface area contributed by atoms with Crippen LogP contribution in [-0.4, -0.2) is 33.2 Å². The van der Waals surface area contributed by atoms with Crippen LogP contribution in [0.2, 0.25) is 0 Å². The van der Waals surface area contributed by atoms with Crippen molar-refractivity contribution in [1.29, 1.82) is 0 Å². The summed E-state index contributed by atoms with van der Waals surface area (Å²) in [5, 5.41) is 23.1. The lowest BCUT2D eigenvalue weighted by Crippen LogP contribution is -2.04. The van der Waals surface area contributed by atoms with Crippen LogP contribution in [0.4, 0.5) is 17.4 Å². The van der Waals surface area contributed by atoms with E-state index in [2.05, 4.69) is 20.5 Å². The summed E-state index contributed by atoms with van der Waals surface area (Å²) in [7, 11) is 1.31. The zero-order chi connectivity index (χ0) is 24.5. The average Bonchev–Trinajstić information content (AvgIpc) is 3.44. The largest absolute Gasteiger partial charge is 0.465 e. The van der Waals surface area contributed by atoms with Gasteiger partial charge in [-0.2, -0.15) is 0 Å². The molecule has 35 heavy (non-hydrogen) atoms. The van der Waals surface area contributed by atoms with Crippen LogP contribution in [0.1, 0.15) is 16.1 Å². The Bertz CT molecular complexity index is 1540. The van der Waals surface area contributed by atoms with E-state index in [1.165, 1.54) is 30.6 Å². The lowest BCUT2D eigenvalue weighted by Gasteiger charge is -2.06. The van der Waals surface area contributed by atoms with Crippen LogP contribution in [0.3, 0.4) is 0 Å². The number of nitro groups is 1. The number of non-ortho nitro benzene ring substituents is 1. The summed E-state index contributed by atoms with van der Waals surface area (Å²) in [6.07, 6.45) is 0. The molecule has 0 atom stereocenters. The van der Waals surface area contributed by atoms with E-state index in [9.17, 15) is 14.9 Å². The lowest BCUT2D eigenvalue weighted by molar-refractivity contribution is -0.384. The minimum absolute atomic E-state index is 0.0339. The molecule has 0 saturated heterocycles. The third-order valence-corrected chi connectivity index (χ3v) is 6.29. The Balaban J connectivity index is 1.52. The van der Waals surface area contributed by atoms with Crippen LogP contribution in [0.5, 0.6) is 0 Å². The van der Waals surface area contributed by atoms with Crippen molar-refractivity contribution in [3.8, 4) is 21.8 Å². The number of benzene rings is 2. The van der Waals surface area contributed by atoms with E-state index < -0.39 is 10.9 Å². The number of furan rings is 1. The summed E-state index contributed by atoms with van der Waals surface area (Å²) in [6.45, 7) is 1.67. The van der Waals surface area contributed by atoms with E-state index in [1.807, 2.05) is 24.3 Å². The molecule has 0 unspecified atom stereocenters. The summed E-state index contributed by atoms with van der Waals surface area (Å²) < 4.78 is 11.8. The molecule has 0 bridgehead atoms. The first kappa shape index (κ1) is 22.2. The highest BCUT2D eigenvalue weighted by Crippen LogP contribution is 2.41. The normalized spacial score (nSPS) is 10.9. The molecule has 0 aliphatic rings. The highest BCUT2D eigenvalue weighted by atomic mass is 32.1. The third kappa shape index (κ3) is 4.20. The smallest absolute Gasteiger partial charge is 0.342 e. The molecule has 10 nitrogen and oxygen atoms in total. The maximum atomic E-state index is 12.6. The topological polar surface area (TPSA) is 133 Å². The molecule has 3 aromatic heterocycles. The highest BCUT2D eigenvalue weighted by molar-refractivity contribution is 7.21. The van der Waals surface area contributed by atoms with Crippen molar-refractivity contribution in [2.24, 2.45) is 0 Å². The van der Waals surface area contributed by atoms with Gasteiger partial charge in [-0.3, -0.25) is 10.1 Å². The quantitative estimate of drug-likeness (QED) is 0.180. The Morgan fingerprint density at radius 2 is 1.94 bits per heavy atom. The minimum Gasteiger partial charge on any atom is -0.465 e. The van der Waals surface area contributed by atoms with E-state index in [4.69, 9.17) is 9.15 Å². The molecule has 0 saturated carbocycles. The van der Waals surface area contributed by atoms with Crippen molar-refractivity contribution >= 4 is 44.9 Å². The molecule has 3 heterocycles. The van der Waals surface area contributed by atoms with E-state index in [0.717, 1.165) is 10.2 Å². The molecular weight excluding hydrogens is 470 g/mol. The number of methoxy groups -OCH3 is 1. The Hall–Kier alpha value is -4.64. The van der Waals surface area contributed by atoms with Gasteiger partial charge in [-0.25, -0.2) is 9.78 Å². The predicted molar refractivity (Wildman–Crippen MR) is 131 cm³/mol. The Morgan fingerprint density at radius 1 is 1.11 bits per heavy atom. The standard InChI is InChI=1S/C24H17N5O5S/c1-13-20(24(30)33-2)21(23-25-17-8-3-4-9-18(17)35-23)22(34-13)26-19-11-10-16(27-28-19)14-6-5-7-15(12-14)29(31)32/h3-12H,1-2H3,(H,26,28). The number of nitrogens with one attached hydrogen (secondary N) is 1. The number of anilines is 2. The molecule has 5 rings (SSSR count). The van der Waals surface area contributed by atoms with Gasteiger partial charge in [0, 0.05) is 17.7 Å². The molecule has 0 aliphatic heterocycles. The van der Waals surface area contributed by atoms with Gasteiger partial charge in [0.05, 0.1) is 33.5 Å². The van der Waals surface area contributed by atoms with Crippen molar-refractivity contribution in [2.75, 3.05) is 12.4 Å². The molecule has 0 aliphatic carbocycles. The van der Waals surface area contributed by atoms with Crippen LogP contribution in [-0.2, 0) is 4.74 Å². The second kappa shape index (κ2) is 8.95. The van der Waals surface area contributed by atoms with E-state index in [1.54, 1.807) is 31.2 Å². The van der Waals surface area contributed by atoms with Gasteiger partial charge < -0.3 is 14.5 Å². The Kier molecular flexibility index (Phi) is 5.67. The number of nitrogens with zero attached hydrogens (tertiary/aromatic N) is 4. The van der Waals surface area contributed by atoms with Gasteiger partial charge in [0.15, 0.2) is 5.82 Å². The van der Waals surface area contributed by atoms with Crippen molar-refractivity contribution in [1.82, 2.24) is 15.2 Å². The van der Waals surface area contributed by atoms with Crippen molar-refractivity contribution in [3.63, 3.8) is 0 Å². The number of rotatable bonds is 6. The van der Waals surface area contributed by atoms with Crippen molar-refractivity contribution in [2.45, 2.75) is 6.92 Å². The van der Waals surface area contributed by atoms with E-state index in [0.29, 0.717) is 33.4 Å². The number of hydrogen-bond donors (Lipinski definition) is 1. The number of fused-ring (bicyclic) bond motifs is 1. The molecule has 1 N–H and O–H groups in total. The summed E-state index contributed by atoms with van der Waals surface area (Å²) >= 11 is 1.42. The number of nitro benzene ring substituents is 1.